The van der Waals surface area contributed by atoms with E-state index in [4.69, 9.17) is 23.2 Å². The highest BCUT2D eigenvalue weighted by molar-refractivity contribution is 7.80. The maximum absolute atomic E-state index is 12.1. The fourth-order valence-corrected chi connectivity index (χ4v) is 2.35. The van der Waals surface area contributed by atoms with Gasteiger partial charge in [-0.1, -0.05) is 19.1 Å². The van der Waals surface area contributed by atoms with Crippen molar-refractivity contribution < 1.29 is 9.69 Å². The summed E-state index contributed by atoms with van der Waals surface area (Å²) in [5.74, 6) is -0.0826. The van der Waals surface area contributed by atoms with E-state index in [0.29, 0.717) is 0 Å². The molecule has 0 aromatic carbocycles. The summed E-state index contributed by atoms with van der Waals surface area (Å²) in [6.07, 6.45) is 1.63. The molecule has 0 aliphatic carbocycles. The van der Waals surface area contributed by atoms with Gasteiger partial charge in [-0.2, -0.15) is 5.26 Å². The van der Waals surface area contributed by atoms with Gasteiger partial charge in [0.15, 0.2) is 5.78 Å². The number of ketones is 1. The highest BCUT2D eigenvalue weighted by Crippen LogP contribution is 2.17. The van der Waals surface area contributed by atoms with Gasteiger partial charge in [-0.15, -0.1) is 0 Å². The molecule has 1 heterocycles. The van der Waals surface area contributed by atoms with E-state index in [-0.39, 0.29) is 34.2 Å². The monoisotopic (exact) mass is 252 g/mol. The molecular weight excluding hydrogens is 234 g/mol. The van der Waals surface area contributed by atoms with Gasteiger partial charge in [0.25, 0.3) is 0 Å². The third kappa shape index (κ3) is 2.90. The number of nitrogens with zero attached hydrogens (tertiary/aromatic N) is 1. The molecule has 1 aliphatic rings. The smallest absolute Gasteiger partial charge is 0.154 e. The molecule has 1 saturated heterocycles. The van der Waals surface area contributed by atoms with Crippen molar-refractivity contribution in [3.05, 3.63) is 11.6 Å². The fraction of sp³-hybridized carbons (Fsp3) is 0.583. The zero-order chi connectivity index (χ0) is 13.2. The molecular formula is C12H18N3OS+. The van der Waals surface area contributed by atoms with E-state index in [1.807, 2.05) is 19.9 Å². The first kappa shape index (κ1) is 13.8. The Morgan fingerprint density at radius 1 is 1.65 bits per heavy atom. The molecule has 0 amide bonds. The van der Waals surface area contributed by atoms with E-state index >= 15 is 0 Å². The Kier molecular flexibility index (Phi) is 4.38. The summed E-state index contributed by atoms with van der Waals surface area (Å²) < 4.78 is 0. The maximum atomic E-state index is 12.1. The third-order valence-electron chi connectivity index (χ3n) is 3.49. The molecule has 0 spiro atoms. The number of piperidine rings is 1. The van der Waals surface area contributed by atoms with Crippen molar-refractivity contribution in [3.63, 3.8) is 0 Å². The summed E-state index contributed by atoms with van der Waals surface area (Å²) in [4.78, 5) is 13.5. The number of likely N-dealkylation sites (tertiary alicyclic amines) is 1. The van der Waals surface area contributed by atoms with E-state index < -0.39 is 0 Å². The summed E-state index contributed by atoms with van der Waals surface area (Å²) in [5, 5.41) is 8.93. The number of quaternary nitrogens is 1. The van der Waals surface area contributed by atoms with Gasteiger partial charge in [0, 0.05) is 0 Å². The van der Waals surface area contributed by atoms with E-state index in [2.05, 4.69) is 7.05 Å². The molecule has 0 aromatic heterocycles. The van der Waals surface area contributed by atoms with Gasteiger partial charge in [-0.3, -0.25) is 4.79 Å². The van der Waals surface area contributed by atoms with Crippen LogP contribution in [0, 0.1) is 23.2 Å². The lowest BCUT2D eigenvalue weighted by Crippen LogP contribution is -3.15. The van der Waals surface area contributed by atoms with E-state index in [9.17, 15) is 4.79 Å². The zero-order valence-corrected chi connectivity index (χ0v) is 11.2. The van der Waals surface area contributed by atoms with Gasteiger partial charge in [0.1, 0.15) is 11.1 Å². The first-order chi connectivity index (χ1) is 7.88. The van der Waals surface area contributed by atoms with Crippen molar-refractivity contribution >= 4 is 23.0 Å². The van der Waals surface area contributed by atoms with Crippen molar-refractivity contribution in [3.8, 4) is 6.07 Å². The van der Waals surface area contributed by atoms with Crippen molar-refractivity contribution in [2.75, 3.05) is 13.6 Å². The normalized spacial score (nSPS) is 34.2. The molecule has 1 fully saturated rings. The molecule has 3 N–H and O–H groups in total. The van der Waals surface area contributed by atoms with Crippen LogP contribution in [0.15, 0.2) is 11.6 Å². The molecule has 1 rings (SSSR count). The molecule has 0 radical (unpaired) electrons. The van der Waals surface area contributed by atoms with Crippen LogP contribution in [0.1, 0.15) is 13.8 Å². The van der Waals surface area contributed by atoms with Crippen molar-refractivity contribution in [1.82, 2.24) is 0 Å². The summed E-state index contributed by atoms with van der Waals surface area (Å²) >= 11 is 4.79. The molecule has 1 unspecified atom stereocenters. The van der Waals surface area contributed by atoms with Crippen LogP contribution in [0.25, 0.3) is 0 Å². The minimum atomic E-state index is -0.269. The maximum Gasteiger partial charge on any atom is 0.154 e. The van der Waals surface area contributed by atoms with Crippen molar-refractivity contribution in [2.24, 2.45) is 17.6 Å². The van der Waals surface area contributed by atoms with Crippen LogP contribution in [0.3, 0.4) is 0 Å². The Bertz CT molecular complexity index is 410. The number of thiocarbonyl (C=S) groups is 1. The van der Waals surface area contributed by atoms with Gasteiger partial charge < -0.3 is 10.6 Å². The lowest BCUT2D eigenvalue weighted by Gasteiger charge is -2.34. The van der Waals surface area contributed by atoms with Crippen LogP contribution in [0.2, 0.25) is 0 Å². The average Bonchev–Trinajstić information content (AvgIpc) is 2.26. The standard InChI is InChI=1S/C12H17N3OS/c1-7-6-15(3)8(2)10(11(7)16)4-9(5-13)12(14)17/h4,7-8,10H,6H2,1-3H3,(H2,14,17)/p+1/b9-4-/t7-,8-,10+/m1/s1. The number of carbonyl (C=O) groups excluding carboxylic acids is 1. The minimum Gasteiger partial charge on any atom is -0.389 e. The van der Waals surface area contributed by atoms with E-state index in [0.717, 1.165) is 6.54 Å². The van der Waals surface area contributed by atoms with Crippen molar-refractivity contribution in [2.45, 2.75) is 19.9 Å². The van der Waals surface area contributed by atoms with Gasteiger partial charge in [-0.25, -0.2) is 0 Å². The molecule has 0 aromatic rings. The molecule has 5 heteroatoms. The Morgan fingerprint density at radius 2 is 2.24 bits per heavy atom. The topological polar surface area (TPSA) is 71.3 Å². The molecule has 17 heavy (non-hydrogen) atoms. The second kappa shape index (κ2) is 5.39. The summed E-state index contributed by atoms with van der Waals surface area (Å²) in [6.45, 7) is 4.76. The lowest BCUT2D eigenvalue weighted by molar-refractivity contribution is -0.911. The summed E-state index contributed by atoms with van der Waals surface area (Å²) in [6, 6.07) is 2.10. The van der Waals surface area contributed by atoms with E-state index in [1.54, 1.807) is 6.08 Å². The second-order valence-corrected chi connectivity index (χ2v) is 5.16. The highest BCUT2D eigenvalue weighted by Gasteiger charge is 2.39. The third-order valence-corrected chi connectivity index (χ3v) is 3.71. The molecule has 92 valence electrons. The number of Topliss-reactive ketones (excluding diaryl/α,β-unsaturated/α-hetero) is 1. The molecule has 0 bridgehead atoms. The fourth-order valence-electron chi connectivity index (χ4n) is 2.23. The predicted octanol–water partition coefficient (Wildman–Crippen LogP) is -0.539. The van der Waals surface area contributed by atoms with Crippen LogP contribution in [-0.2, 0) is 4.79 Å². The Hall–Kier alpha value is -1.25. The Balaban J connectivity index is 3.05. The van der Waals surface area contributed by atoms with Crippen LogP contribution in [-0.4, -0.2) is 30.4 Å². The number of nitriles is 1. The molecule has 4 atom stereocenters. The van der Waals surface area contributed by atoms with Gasteiger partial charge in [-0.05, 0) is 13.0 Å². The van der Waals surface area contributed by atoms with Gasteiger partial charge >= 0.3 is 0 Å². The van der Waals surface area contributed by atoms with E-state index in [1.165, 1.54) is 4.90 Å². The first-order valence-corrected chi connectivity index (χ1v) is 6.07. The molecule has 0 saturated carbocycles. The van der Waals surface area contributed by atoms with Gasteiger partial charge in [0.2, 0.25) is 0 Å². The molecule has 4 nitrogen and oxygen atoms in total. The number of nitrogens with one attached hydrogen (secondary N) is 1. The van der Waals surface area contributed by atoms with Crippen LogP contribution in [0.5, 0.6) is 0 Å². The number of nitrogens with two attached hydrogens (primary N) is 1. The lowest BCUT2D eigenvalue weighted by atomic mass is 9.82. The Labute approximate surface area is 107 Å². The second-order valence-electron chi connectivity index (χ2n) is 4.72. The number of rotatable bonds is 2. The minimum absolute atomic E-state index is 0.0127. The highest BCUT2D eigenvalue weighted by atomic mass is 32.1. The Morgan fingerprint density at radius 3 is 2.71 bits per heavy atom. The number of hydrogen-bond donors (Lipinski definition) is 2. The SMILES string of the molecule is C[C@@H]1C[NH+](C)[C@H](C)[C@H](/C=C(/C#N)C(N)=S)C1=O. The van der Waals surface area contributed by atoms with Crippen LogP contribution >= 0.6 is 12.2 Å². The predicted molar refractivity (Wildman–Crippen MR) is 69.4 cm³/mol. The average molecular weight is 252 g/mol. The number of carbonyl (C=O) groups is 1. The zero-order valence-electron chi connectivity index (χ0n) is 10.4. The van der Waals surface area contributed by atoms with Crippen LogP contribution < -0.4 is 10.6 Å². The van der Waals surface area contributed by atoms with Crippen molar-refractivity contribution in [1.29, 1.82) is 5.26 Å². The van der Waals surface area contributed by atoms with Gasteiger partial charge in [0.05, 0.1) is 37.0 Å². The quantitative estimate of drug-likeness (QED) is 0.393. The van der Waals surface area contributed by atoms with Crippen LogP contribution in [0.4, 0.5) is 0 Å². The summed E-state index contributed by atoms with van der Waals surface area (Å²) in [5.41, 5.74) is 5.69. The number of hydrogen-bond acceptors (Lipinski definition) is 3. The summed E-state index contributed by atoms with van der Waals surface area (Å²) in [7, 11) is 2.06. The first-order valence-electron chi connectivity index (χ1n) is 5.66. The molecule has 1 aliphatic heterocycles. The largest absolute Gasteiger partial charge is 0.389 e.